The van der Waals surface area contributed by atoms with Gasteiger partial charge in [-0.05, 0) is 100.0 Å². The molecule has 0 unspecified atom stereocenters. The maximum atomic E-state index is 15.6. The van der Waals surface area contributed by atoms with Gasteiger partial charge >= 0.3 is 0 Å². The van der Waals surface area contributed by atoms with Gasteiger partial charge in [0.2, 0.25) is 41.4 Å². The standard InChI is InChI=1S/C60H82N10O8/c1-11-60(7,8)70-35-42(43-20-14-15-21-48(43)70)33-47-58(77)68(10)50(28-36(2)3)55(74)64-46(32-40-23-24-44-41(30-40)34-61-52(63-44)25-27-71)53(72)62-38(6)57(76)67(9)49-22-13-12-16-26-69(59(49)78)51(29-37(4)5)56(75)65-45(54(73)66-47)31-39-18-17-19-39/h11-15,20-21,23-24,30,34-39,45-47,49-51,71H,1,16-19,22,25-29,31-33H2,2-10H3,(H,62,72)(H,64,74)(H,65,75)(H,66,73)/b13-12-/t38-,45-,46-,47-,49-,50-,51-/m0/s1. The van der Waals surface area contributed by atoms with Crippen LogP contribution in [0.25, 0.3) is 21.8 Å². The highest BCUT2D eigenvalue weighted by atomic mass is 16.3. The lowest BCUT2D eigenvalue weighted by atomic mass is 9.80. The summed E-state index contributed by atoms with van der Waals surface area (Å²) >= 11 is 0. The quantitative estimate of drug-likeness (QED) is 0.103. The van der Waals surface area contributed by atoms with Crippen molar-refractivity contribution in [3.8, 4) is 0 Å². The minimum absolute atomic E-state index is 0.0144. The number of benzene rings is 2. The van der Waals surface area contributed by atoms with Crippen LogP contribution in [0.15, 0.2) is 79.7 Å². The van der Waals surface area contributed by atoms with Gasteiger partial charge < -0.3 is 45.6 Å². The number of nitrogens with one attached hydrogen (secondary N) is 4. The Hall–Kier alpha value is -6.95. The second-order valence-electron chi connectivity index (χ2n) is 23.1. The minimum atomic E-state index is -1.28. The number of aliphatic hydroxyl groups is 1. The van der Waals surface area contributed by atoms with E-state index in [9.17, 15) is 19.5 Å². The van der Waals surface area contributed by atoms with E-state index in [1.807, 2.05) is 96.3 Å². The maximum absolute atomic E-state index is 15.6. The van der Waals surface area contributed by atoms with Crippen molar-refractivity contribution in [1.82, 2.24) is 50.5 Å². The van der Waals surface area contributed by atoms with Crippen LogP contribution in [-0.4, -0.2) is 145 Å². The van der Waals surface area contributed by atoms with Gasteiger partial charge in [0.25, 0.3) is 0 Å². The van der Waals surface area contributed by atoms with Crippen molar-refractivity contribution in [1.29, 1.82) is 0 Å². The van der Waals surface area contributed by atoms with E-state index in [1.165, 1.54) is 35.7 Å². The first-order chi connectivity index (χ1) is 37.1. The third kappa shape index (κ3) is 13.8. The van der Waals surface area contributed by atoms with Gasteiger partial charge in [0.05, 0.1) is 17.7 Å². The lowest BCUT2D eigenvalue weighted by molar-refractivity contribution is -0.150. The zero-order valence-electron chi connectivity index (χ0n) is 47.1. The fraction of sp³-hybridized carbons (Fsp3) is 0.550. The number of likely N-dealkylation sites (N-methyl/N-ethyl adjacent to an activating group) is 2. The van der Waals surface area contributed by atoms with Gasteiger partial charge in [0, 0.05) is 68.6 Å². The van der Waals surface area contributed by atoms with E-state index >= 15 is 19.2 Å². The minimum Gasteiger partial charge on any atom is -0.396 e. The highest BCUT2D eigenvalue weighted by Gasteiger charge is 2.42. The van der Waals surface area contributed by atoms with E-state index in [4.69, 9.17) is 0 Å². The summed E-state index contributed by atoms with van der Waals surface area (Å²) in [6.07, 6.45) is 13.5. The molecule has 2 aliphatic heterocycles. The zero-order valence-corrected chi connectivity index (χ0v) is 47.1. The molecular formula is C60H82N10O8. The first kappa shape index (κ1) is 58.7. The summed E-state index contributed by atoms with van der Waals surface area (Å²) in [6.45, 7) is 17.5. The number of para-hydroxylation sites is 1. The van der Waals surface area contributed by atoms with Crippen LogP contribution < -0.4 is 21.3 Å². The van der Waals surface area contributed by atoms with Crippen LogP contribution in [0.2, 0.25) is 0 Å². The summed E-state index contributed by atoms with van der Waals surface area (Å²) in [5, 5.41) is 23.0. The third-order valence-corrected chi connectivity index (χ3v) is 15.8. The Morgan fingerprint density at radius 1 is 0.782 bits per heavy atom. The van der Waals surface area contributed by atoms with Gasteiger partial charge in [-0.1, -0.05) is 89.5 Å². The molecule has 0 spiro atoms. The Balaban J connectivity index is 1.35. The summed E-state index contributed by atoms with van der Waals surface area (Å²) in [7, 11) is 3.04. The van der Waals surface area contributed by atoms with Gasteiger partial charge in [0.1, 0.15) is 48.1 Å². The van der Waals surface area contributed by atoms with Crippen molar-refractivity contribution in [3.63, 3.8) is 0 Å². The Kier molecular flexibility index (Phi) is 19.3. The van der Waals surface area contributed by atoms with Crippen molar-refractivity contribution >= 4 is 63.2 Å². The van der Waals surface area contributed by atoms with Crippen LogP contribution in [0.3, 0.4) is 0 Å². The fourth-order valence-electron chi connectivity index (χ4n) is 11.0. The Labute approximate surface area is 459 Å². The largest absolute Gasteiger partial charge is 0.396 e. The van der Waals surface area contributed by atoms with E-state index in [-0.39, 0.29) is 69.4 Å². The lowest BCUT2D eigenvalue weighted by Gasteiger charge is -2.39. The number of carbonyl (C=O) groups is 7. The molecule has 1 aliphatic carbocycles. The summed E-state index contributed by atoms with van der Waals surface area (Å²) in [5.74, 6) is -3.57. The average molecular weight is 1070 g/mol. The second kappa shape index (κ2) is 25.7. The highest BCUT2D eigenvalue weighted by molar-refractivity contribution is 5.99. The second-order valence-corrected chi connectivity index (χ2v) is 23.1. The first-order valence-electron chi connectivity index (χ1n) is 27.9. The van der Waals surface area contributed by atoms with Gasteiger partial charge in [-0.15, -0.1) is 6.58 Å². The molecule has 1 saturated carbocycles. The molecule has 18 nitrogen and oxygen atoms in total. The molecule has 78 heavy (non-hydrogen) atoms. The van der Waals surface area contributed by atoms with Crippen molar-refractivity contribution in [2.45, 2.75) is 167 Å². The van der Waals surface area contributed by atoms with Crippen molar-refractivity contribution in [2.75, 3.05) is 27.2 Å². The van der Waals surface area contributed by atoms with Crippen LogP contribution in [0.4, 0.5) is 0 Å². The number of rotatable bonds is 14. The summed E-state index contributed by atoms with van der Waals surface area (Å²) in [6, 6.07) is 5.17. The predicted molar refractivity (Wildman–Crippen MR) is 300 cm³/mol. The molecule has 7 amide bonds. The number of aromatic nitrogens is 3. The van der Waals surface area contributed by atoms with E-state index in [2.05, 4.69) is 42.4 Å². The molecule has 2 aromatic heterocycles. The van der Waals surface area contributed by atoms with Crippen LogP contribution in [0.1, 0.15) is 117 Å². The van der Waals surface area contributed by atoms with Crippen molar-refractivity contribution in [2.24, 2.45) is 17.8 Å². The van der Waals surface area contributed by atoms with Gasteiger partial charge in [-0.3, -0.25) is 33.6 Å². The van der Waals surface area contributed by atoms with Gasteiger partial charge in [-0.25, -0.2) is 9.97 Å². The molecule has 7 atom stereocenters. The molecule has 2 bridgehead atoms. The molecular weight excluding hydrogens is 989 g/mol. The summed E-state index contributed by atoms with van der Waals surface area (Å²) in [4.78, 5) is 118. The Morgan fingerprint density at radius 2 is 1.45 bits per heavy atom. The SMILES string of the molecule is C=CC(C)(C)n1cc(C[C@@H]2NC(=O)[C@H](CC3CCC3)NC(=O)[C@H](CC(C)C)N3CC/C=C\C[C@@H](C3=O)N(C)C(=O)[C@H](C)NC(=O)[C@H](Cc3ccc4nc(CCO)ncc4c3)NC(=O)[C@H](CC(C)C)N(C)C2=O)c2ccccc21. The number of hydrogen-bond donors (Lipinski definition) is 5. The van der Waals surface area contributed by atoms with Crippen LogP contribution in [0.5, 0.6) is 0 Å². The van der Waals surface area contributed by atoms with Gasteiger partial charge in [0.15, 0.2) is 0 Å². The number of allylic oxidation sites excluding steroid dienone is 1. The van der Waals surface area contributed by atoms with Crippen molar-refractivity contribution < 1.29 is 38.7 Å². The number of fused-ring (bicyclic) bond motifs is 4. The van der Waals surface area contributed by atoms with Crippen LogP contribution in [-0.2, 0) is 58.4 Å². The fourth-order valence-corrected chi connectivity index (χ4v) is 11.0. The molecule has 0 radical (unpaired) electrons. The Bertz CT molecular complexity index is 2890. The average Bonchev–Trinajstić information content (AvgIpc) is 3.95. The third-order valence-electron chi connectivity index (χ3n) is 15.8. The summed E-state index contributed by atoms with van der Waals surface area (Å²) in [5.41, 5.74) is 2.37. The molecule has 7 rings (SSSR count). The number of carbonyl (C=O) groups excluding carboxylic acids is 7. The lowest BCUT2D eigenvalue weighted by Crippen LogP contribution is -2.61. The van der Waals surface area contributed by atoms with Gasteiger partial charge in [-0.2, -0.15) is 0 Å². The molecule has 3 aliphatic rings. The van der Waals surface area contributed by atoms with Crippen molar-refractivity contribution in [3.05, 3.63) is 96.6 Å². The molecule has 4 heterocycles. The van der Waals surface area contributed by atoms with Crippen LogP contribution in [0, 0.1) is 17.8 Å². The normalized spacial score (nSPS) is 24.5. The number of nitrogens with zero attached hydrogens (tertiary/aromatic N) is 6. The topological polar surface area (TPSA) is 228 Å². The number of hydrogen-bond acceptors (Lipinski definition) is 10. The molecule has 1 saturated heterocycles. The van der Waals surface area contributed by atoms with E-state index in [0.29, 0.717) is 35.1 Å². The molecule has 18 heteroatoms. The smallest absolute Gasteiger partial charge is 0.246 e. The monoisotopic (exact) mass is 1070 g/mol. The number of aliphatic hydroxyl groups excluding tert-OH is 1. The van der Waals surface area contributed by atoms with E-state index in [0.717, 1.165) is 35.7 Å². The van der Waals surface area contributed by atoms with Crippen LogP contribution >= 0.6 is 0 Å². The zero-order chi connectivity index (χ0) is 56.6. The Morgan fingerprint density at radius 3 is 2.13 bits per heavy atom. The highest BCUT2D eigenvalue weighted by Crippen LogP contribution is 2.32. The first-order valence-corrected chi connectivity index (χ1v) is 27.9. The van der Waals surface area contributed by atoms with E-state index < -0.39 is 89.2 Å². The molecule has 2 aromatic carbocycles. The maximum Gasteiger partial charge on any atom is 0.246 e. The van der Waals surface area contributed by atoms with E-state index in [1.54, 1.807) is 18.3 Å². The molecule has 2 fully saturated rings. The summed E-state index contributed by atoms with van der Waals surface area (Å²) < 4.78 is 2.08. The molecule has 420 valence electrons. The molecule has 5 N–H and O–H groups in total. The number of amides is 7. The predicted octanol–water partition coefficient (Wildman–Crippen LogP) is 5.28. The molecule has 4 aromatic rings.